The van der Waals surface area contributed by atoms with Crippen LogP contribution >= 0.6 is 11.3 Å². The Morgan fingerprint density at radius 3 is 3.14 bits per heavy atom. The Hall–Kier alpha value is -1.13. The van der Waals surface area contributed by atoms with Gasteiger partial charge in [-0.05, 0) is 30.5 Å². The molecule has 2 aromatic rings. The summed E-state index contributed by atoms with van der Waals surface area (Å²) in [6.07, 6.45) is 0. The van der Waals surface area contributed by atoms with Gasteiger partial charge in [-0.2, -0.15) is 0 Å². The van der Waals surface area contributed by atoms with Crippen molar-refractivity contribution in [2.45, 2.75) is 13.0 Å². The van der Waals surface area contributed by atoms with E-state index in [-0.39, 0.29) is 12.6 Å². The third kappa shape index (κ3) is 1.86. The predicted molar refractivity (Wildman–Crippen MR) is 59.8 cm³/mol. The van der Waals surface area contributed by atoms with Gasteiger partial charge < -0.3 is 10.4 Å². The molecule has 0 aromatic carbocycles. The van der Waals surface area contributed by atoms with Crippen LogP contribution in [0.15, 0.2) is 23.6 Å². The van der Waals surface area contributed by atoms with Gasteiger partial charge in [0.25, 0.3) is 0 Å². The third-order valence-corrected chi connectivity index (χ3v) is 2.85. The van der Waals surface area contributed by atoms with E-state index in [9.17, 15) is 0 Å². The Morgan fingerprint density at radius 2 is 2.36 bits per heavy atom. The summed E-state index contributed by atoms with van der Waals surface area (Å²) in [4.78, 5) is 4.41. The molecule has 4 heteroatoms. The zero-order chi connectivity index (χ0) is 9.97. The summed E-state index contributed by atoms with van der Waals surface area (Å²) >= 11 is 1.68. The standard InChI is InChI=1S/C10H12N2OS/c1-7(6-13)11-10-3-2-9-8(12-10)4-5-14-9/h2-5,7,13H,6H2,1H3,(H,11,12). The lowest BCUT2D eigenvalue weighted by atomic mass is 10.3. The van der Waals surface area contributed by atoms with E-state index in [0.29, 0.717) is 0 Å². The van der Waals surface area contributed by atoms with E-state index in [0.717, 1.165) is 11.3 Å². The van der Waals surface area contributed by atoms with Crippen molar-refractivity contribution in [1.29, 1.82) is 0 Å². The molecule has 2 aromatic heterocycles. The number of rotatable bonds is 3. The van der Waals surface area contributed by atoms with E-state index in [1.807, 2.05) is 30.5 Å². The summed E-state index contributed by atoms with van der Waals surface area (Å²) < 4.78 is 1.19. The SMILES string of the molecule is CC(CO)Nc1ccc2sccc2n1. The fraction of sp³-hybridized carbons (Fsp3) is 0.300. The van der Waals surface area contributed by atoms with Gasteiger partial charge in [0.1, 0.15) is 5.82 Å². The molecule has 0 amide bonds. The Morgan fingerprint density at radius 1 is 1.50 bits per heavy atom. The fourth-order valence-electron chi connectivity index (χ4n) is 1.23. The highest BCUT2D eigenvalue weighted by Gasteiger charge is 2.02. The van der Waals surface area contributed by atoms with Crippen LogP contribution in [-0.4, -0.2) is 22.7 Å². The number of hydrogen-bond acceptors (Lipinski definition) is 4. The summed E-state index contributed by atoms with van der Waals surface area (Å²) in [5.41, 5.74) is 1.00. The molecule has 74 valence electrons. The van der Waals surface area contributed by atoms with Gasteiger partial charge in [-0.3, -0.25) is 0 Å². The van der Waals surface area contributed by atoms with E-state index in [1.165, 1.54) is 4.70 Å². The topological polar surface area (TPSA) is 45.1 Å². The smallest absolute Gasteiger partial charge is 0.127 e. The molecule has 0 bridgehead atoms. The van der Waals surface area contributed by atoms with Crippen molar-refractivity contribution in [3.8, 4) is 0 Å². The Bertz CT molecular complexity index is 427. The van der Waals surface area contributed by atoms with Crippen molar-refractivity contribution in [2.24, 2.45) is 0 Å². The Labute approximate surface area is 86.4 Å². The second kappa shape index (κ2) is 3.94. The molecule has 0 saturated heterocycles. The van der Waals surface area contributed by atoms with E-state index in [2.05, 4.69) is 10.3 Å². The predicted octanol–water partition coefficient (Wildman–Crippen LogP) is 2.09. The highest BCUT2D eigenvalue weighted by molar-refractivity contribution is 7.17. The summed E-state index contributed by atoms with van der Waals surface area (Å²) in [7, 11) is 0. The molecule has 1 atom stereocenters. The number of nitrogens with zero attached hydrogens (tertiary/aromatic N) is 1. The molecule has 0 aliphatic heterocycles. The largest absolute Gasteiger partial charge is 0.394 e. The summed E-state index contributed by atoms with van der Waals surface area (Å²) in [5, 5.41) is 14.0. The van der Waals surface area contributed by atoms with Gasteiger partial charge in [-0.25, -0.2) is 4.98 Å². The van der Waals surface area contributed by atoms with Crippen LogP contribution in [-0.2, 0) is 0 Å². The summed E-state index contributed by atoms with van der Waals surface area (Å²) in [6, 6.07) is 6.01. The van der Waals surface area contributed by atoms with Crippen molar-refractivity contribution in [2.75, 3.05) is 11.9 Å². The molecule has 0 saturated carbocycles. The fourth-order valence-corrected chi connectivity index (χ4v) is 1.96. The Kier molecular flexibility index (Phi) is 2.65. The van der Waals surface area contributed by atoms with E-state index in [1.54, 1.807) is 11.3 Å². The highest BCUT2D eigenvalue weighted by Crippen LogP contribution is 2.20. The lowest BCUT2D eigenvalue weighted by Gasteiger charge is -2.10. The number of thiophene rings is 1. The first kappa shape index (κ1) is 9.43. The van der Waals surface area contributed by atoms with Crippen LogP contribution in [0.1, 0.15) is 6.92 Å². The first-order valence-corrected chi connectivity index (χ1v) is 5.39. The minimum atomic E-state index is 0.0404. The average Bonchev–Trinajstić information content (AvgIpc) is 2.64. The average molecular weight is 208 g/mol. The maximum atomic E-state index is 8.88. The van der Waals surface area contributed by atoms with Gasteiger partial charge >= 0.3 is 0 Å². The molecule has 14 heavy (non-hydrogen) atoms. The maximum absolute atomic E-state index is 8.88. The van der Waals surface area contributed by atoms with Crippen LogP contribution < -0.4 is 5.32 Å². The molecular formula is C10H12N2OS. The number of aromatic nitrogens is 1. The van der Waals surface area contributed by atoms with Crippen LogP contribution in [0, 0.1) is 0 Å². The zero-order valence-electron chi connectivity index (χ0n) is 7.90. The summed E-state index contributed by atoms with van der Waals surface area (Å²) in [5.74, 6) is 0.817. The van der Waals surface area contributed by atoms with Crippen LogP contribution in [0.5, 0.6) is 0 Å². The molecule has 0 fully saturated rings. The van der Waals surface area contributed by atoms with E-state index >= 15 is 0 Å². The lowest BCUT2D eigenvalue weighted by molar-refractivity contribution is 0.281. The first-order chi connectivity index (χ1) is 6.79. The quantitative estimate of drug-likeness (QED) is 0.811. The zero-order valence-corrected chi connectivity index (χ0v) is 8.71. The number of pyridine rings is 1. The molecule has 1 unspecified atom stereocenters. The molecule has 0 radical (unpaired) electrons. The molecule has 0 aliphatic rings. The molecule has 3 nitrogen and oxygen atoms in total. The molecular weight excluding hydrogens is 196 g/mol. The van der Waals surface area contributed by atoms with Gasteiger partial charge in [0.2, 0.25) is 0 Å². The van der Waals surface area contributed by atoms with Gasteiger partial charge in [0.15, 0.2) is 0 Å². The number of anilines is 1. The van der Waals surface area contributed by atoms with Crippen LogP contribution in [0.3, 0.4) is 0 Å². The van der Waals surface area contributed by atoms with Crippen molar-refractivity contribution in [1.82, 2.24) is 4.98 Å². The third-order valence-electron chi connectivity index (χ3n) is 1.97. The number of aliphatic hydroxyl groups is 1. The van der Waals surface area contributed by atoms with Crippen molar-refractivity contribution in [3.63, 3.8) is 0 Å². The van der Waals surface area contributed by atoms with Gasteiger partial charge in [-0.15, -0.1) is 11.3 Å². The lowest BCUT2D eigenvalue weighted by Crippen LogP contribution is -2.19. The summed E-state index contributed by atoms with van der Waals surface area (Å²) in [6.45, 7) is 2.03. The molecule has 0 aliphatic carbocycles. The van der Waals surface area contributed by atoms with Crippen LogP contribution in [0.25, 0.3) is 10.2 Å². The van der Waals surface area contributed by atoms with Gasteiger partial charge in [0, 0.05) is 6.04 Å². The monoisotopic (exact) mass is 208 g/mol. The maximum Gasteiger partial charge on any atom is 0.127 e. The van der Waals surface area contributed by atoms with E-state index in [4.69, 9.17) is 5.11 Å². The van der Waals surface area contributed by atoms with Crippen molar-refractivity contribution in [3.05, 3.63) is 23.6 Å². The Balaban J connectivity index is 2.25. The second-order valence-corrected chi connectivity index (χ2v) is 4.18. The van der Waals surface area contributed by atoms with E-state index < -0.39 is 0 Å². The van der Waals surface area contributed by atoms with Crippen LogP contribution in [0.2, 0.25) is 0 Å². The first-order valence-electron chi connectivity index (χ1n) is 4.51. The minimum absolute atomic E-state index is 0.0404. The minimum Gasteiger partial charge on any atom is -0.394 e. The molecule has 2 N–H and O–H groups in total. The van der Waals surface area contributed by atoms with Crippen molar-refractivity contribution < 1.29 is 5.11 Å². The number of fused-ring (bicyclic) bond motifs is 1. The normalized spacial score (nSPS) is 13.0. The molecule has 2 heterocycles. The number of aliphatic hydroxyl groups excluding tert-OH is 1. The van der Waals surface area contributed by atoms with Gasteiger partial charge in [-0.1, -0.05) is 0 Å². The second-order valence-electron chi connectivity index (χ2n) is 3.23. The van der Waals surface area contributed by atoms with Crippen LogP contribution in [0.4, 0.5) is 5.82 Å². The molecule has 0 spiro atoms. The van der Waals surface area contributed by atoms with Crippen molar-refractivity contribution >= 4 is 27.4 Å². The highest BCUT2D eigenvalue weighted by atomic mass is 32.1. The number of hydrogen-bond donors (Lipinski definition) is 2. The van der Waals surface area contributed by atoms with Gasteiger partial charge in [0.05, 0.1) is 16.8 Å². The number of nitrogens with one attached hydrogen (secondary N) is 1. The molecule has 2 rings (SSSR count).